The molecule has 1 aliphatic carbocycles. The van der Waals surface area contributed by atoms with Gasteiger partial charge in [-0.2, -0.15) is 0 Å². The molecule has 0 radical (unpaired) electrons. The summed E-state index contributed by atoms with van der Waals surface area (Å²) in [5, 5.41) is 8.14. The quantitative estimate of drug-likeness (QED) is 0.271. The molecule has 0 N–H and O–H groups in total. The molecule has 0 heteroatoms. The van der Waals surface area contributed by atoms with Crippen molar-refractivity contribution in [3.05, 3.63) is 84.9 Å². The number of fused-ring (bicyclic) bond motifs is 7. The Labute approximate surface area is 140 Å². The van der Waals surface area contributed by atoms with Gasteiger partial charge in [-0.25, -0.2) is 0 Å². The highest BCUT2D eigenvalue weighted by molar-refractivity contribution is 6.31. The van der Waals surface area contributed by atoms with E-state index in [4.69, 9.17) is 0 Å². The van der Waals surface area contributed by atoms with Gasteiger partial charge in [0.25, 0.3) is 0 Å². The second-order valence-corrected chi connectivity index (χ2v) is 6.59. The van der Waals surface area contributed by atoms with Gasteiger partial charge < -0.3 is 0 Å². The molecule has 0 atom stereocenters. The van der Waals surface area contributed by atoms with Gasteiger partial charge in [0.1, 0.15) is 0 Å². The molecule has 0 unspecified atom stereocenters. The largest absolute Gasteiger partial charge is 0.0616 e. The molecule has 1 aliphatic rings. The van der Waals surface area contributed by atoms with Crippen molar-refractivity contribution < 1.29 is 0 Å². The summed E-state index contributed by atoms with van der Waals surface area (Å²) in [6, 6.07) is 31.1. The summed E-state index contributed by atoms with van der Waals surface area (Å²) in [7, 11) is 0. The Balaban J connectivity index is 2.02. The fourth-order valence-corrected chi connectivity index (χ4v) is 4.36. The second kappa shape index (κ2) is 4.24. The molecule has 6 rings (SSSR count). The van der Waals surface area contributed by atoms with Crippen LogP contribution in [0.5, 0.6) is 0 Å². The monoisotopic (exact) mass is 302 g/mol. The molecule has 0 nitrogen and oxygen atoms in total. The zero-order chi connectivity index (χ0) is 15.7. The van der Waals surface area contributed by atoms with Gasteiger partial charge in [0.2, 0.25) is 0 Å². The fourth-order valence-electron chi connectivity index (χ4n) is 4.36. The lowest BCUT2D eigenvalue weighted by Crippen LogP contribution is -1.83. The molecule has 0 spiro atoms. The van der Waals surface area contributed by atoms with Gasteiger partial charge in [-0.05, 0) is 66.7 Å². The lowest BCUT2D eigenvalue weighted by Gasteiger charge is -2.11. The smallest absolute Gasteiger partial charge is 0.00135 e. The SMILES string of the molecule is c1ccc2c(c1)-c1cc3ccccc3c3c1c-2cc1ccccc13. The molecule has 0 amide bonds. The van der Waals surface area contributed by atoms with Crippen LogP contribution in [0.2, 0.25) is 0 Å². The average Bonchev–Trinajstić information content (AvgIpc) is 2.96. The van der Waals surface area contributed by atoms with E-state index in [1.165, 1.54) is 54.6 Å². The van der Waals surface area contributed by atoms with Crippen LogP contribution in [0.1, 0.15) is 0 Å². The molecular formula is C24H14. The summed E-state index contributed by atoms with van der Waals surface area (Å²) in [5.41, 5.74) is 5.47. The molecule has 0 heterocycles. The van der Waals surface area contributed by atoms with Crippen molar-refractivity contribution in [2.45, 2.75) is 0 Å². The summed E-state index contributed by atoms with van der Waals surface area (Å²) in [6.45, 7) is 0. The first-order valence-corrected chi connectivity index (χ1v) is 8.39. The third-order valence-corrected chi connectivity index (χ3v) is 5.36. The van der Waals surface area contributed by atoms with Gasteiger partial charge in [0, 0.05) is 0 Å². The maximum atomic E-state index is 2.36. The molecule has 110 valence electrons. The molecule has 24 heavy (non-hydrogen) atoms. The van der Waals surface area contributed by atoms with Gasteiger partial charge >= 0.3 is 0 Å². The number of hydrogen-bond donors (Lipinski definition) is 0. The third kappa shape index (κ3) is 1.39. The van der Waals surface area contributed by atoms with E-state index in [1.807, 2.05) is 0 Å². The predicted octanol–water partition coefficient (Wildman–Crippen LogP) is 6.79. The molecule has 5 aromatic carbocycles. The van der Waals surface area contributed by atoms with E-state index in [1.54, 1.807) is 0 Å². The lowest BCUT2D eigenvalue weighted by atomic mass is 9.92. The topological polar surface area (TPSA) is 0 Å². The van der Waals surface area contributed by atoms with E-state index >= 15 is 0 Å². The molecule has 0 saturated carbocycles. The van der Waals surface area contributed by atoms with Crippen molar-refractivity contribution in [1.29, 1.82) is 0 Å². The first-order valence-electron chi connectivity index (χ1n) is 8.39. The summed E-state index contributed by atoms with van der Waals surface area (Å²) in [5.74, 6) is 0. The molecule has 0 bridgehead atoms. The van der Waals surface area contributed by atoms with Crippen molar-refractivity contribution in [2.24, 2.45) is 0 Å². The highest BCUT2D eigenvalue weighted by Gasteiger charge is 2.23. The van der Waals surface area contributed by atoms with Crippen molar-refractivity contribution >= 4 is 32.3 Å². The van der Waals surface area contributed by atoms with Crippen LogP contribution in [-0.4, -0.2) is 0 Å². The van der Waals surface area contributed by atoms with E-state index in [9.17, 15) is 0 Å². The van der Waals surface area contributed by atoms with Gasteiger partial charge in [-0.3, -0.25) is 0 Å². The van der Waals surface area contributed by atoms with Gasteiger partial charge in [0.05, 0.1) is 0 Å². The maximum Gasteiger partial charge on any atom is -0.00135 e. The Hall–Kier alpha value is -3.12. The Morgan fingerprint density at radius 1 is 0.375 bits per heavy atom. The Morgan fingerprint density at radius 3 is 1.38 bits per heavy atom. The Kier molecular flexibility index (Phi) is 2.18. The molecule has 0 fully saturated rings. The highest BCUT2D eigenvalue weighted by atomic mass is 14.3. The fraction of sp³-hybridized carbons (Fsp3) is 0. The van der Waals surface area contributed by atoms with Crippen LogP contribution in [-0.2, 0) is 0 Å². The molecule has 0 aromatic heterocycles. The normalized spacial score (nSPS) is 12.2. The van der Waals surface area contributed by atoms with Crippen LogP contribution in [0.25, 0.3) is 54.6 Å². The minimum Gasteiger partial charge on any atom is -0.0616 e. The van der Waals surface area contributed by atoms with Crippen molar-refractivity contribution in [2.75, 3.05) is 0 Å². The third-order valence-electron chi connectivity index (χ3n) is 5.36. The number of hydrogen-bond acceptors (Lipinski definition) is 0. The molecule has 0 aliphatic heterocycles. The van der Waals surface area contributed by atoms with E-state index in [0.29, 0.717) is 0 Å². The van der Waals surface area contributed by atoms with E-state index in [2.05, 4.69) is 84.9 Å². The lowest BCUT2D eigenvalue weighted by molar-refractivity contribution is 1.70. The molecule has 0 saturated heterocycles. The molecule has 5 aromatic rings. The summed E-state index contributed by atoms with van der Waals surface area (Å²) < 4.78 is 0. The molecular weight excluding hydrogens is 288 g/mol. The maximum absolute atomic E-state index is 2.36. The minimum absolute atomic E-state index is 1.32. The zero-order valence-electron chi connectivity index (χ0n) is 13.1. The van der Waals surface area contributed by atoms with E-state index in [0.717, 1.165) is 0 Å². The van der Waals surface area contributed by atoms with Crippen LogP contribution >= 0.6 is 0 Å². The summed E-state index contributed by atoms with van der Waals surface area (Å²) >= 11 is 0. The summed E-state index contributed by atoms with van der Waals surface area (Å²) in [4.78, 5) is 0. The Bertz CT molecular complexity index is 1190. The van der Waals surface area contributed by atoms with Crippen LogP contribution in [0.4, 0.5) is 0 Å². The van der Waals surface area contributed by atoms with Crippen LogP contribution in [0, 0.1) is 0 Å². The van der Waals surface area contributed by atoms with E-state index < -0.39 is 0 Å². The second-order valence-electron chi connectivity index (χ2n) is 6.59. The first kappa shape index (κ1) is 12.3. The van der Waals surface area contributed by atoms with Crippen molar-refractivity contribution in [3.8, 4) is 22.3 Å². The number of benzene rings is 5. The van der Waals surface area contributed by atoms with Gasteiger partial charge in [-0.15, -0.1) is 0 Å². The van der Waals surface area contributed by atoms with Gasteiger partial charge in [0.15, 0.2) is 0 Å². The van der Waals surface area contributed by atoms with Crippen LogP contribution < -0.4 is 0 Å². The summed E-state index contributed by atoms with van der Waals surface area (Å²) in [6.07, 6.45) is 0. The van der Waals surface area contributed by atoms with Crippen LogP contribution in [0.15, 0.2) is 84.9 Å². The first-order chi connectivity index (χ1) is 11.9. The van der Waals surface area contributed by atoms with Crippen LogP contribution in [0.3, 0.4) is 0 Å². The van der Waals surface area contributed by atoms with Crippen molar-refractivity contribution in [1.82, 2.24) is 0 Å². The van der Waals surface area contributed by atoms with E-state index in [-0.39, 0.29) is 0 Å². The van der Waals surface area contributed by atoms with Crippen molar-refractivity contribution in [3.63, 3.8) is 0 Å². The van der Waals surface area contributed by atoms with Gasteiger partial charge in [-0.1, -0.05) is 72.8 Å². The zero-order valence-corrected chi connectivity index (χ0v) is 13.1. The highest BCUT2D eigenvalue weighted by Crippen LogP contribution is 2.51. The predicted molar refractivity (Wildman–Crippen MR) is 103 cm³/mol. The standard InChI is InChI=1S/C24H14/c1-3-9-17-15(7-1)13-21-19-11-5-6-12-20(19)22-14-16-8-2-4-10-18(16)23(17)24(21)22/h1-14H. The average molecular weight is 302 g/mol. The Morgan fingerprint density at radius 2 is 0.833 bits per heavy atom. The minimum atomic E-state index is 1.32. The number of rotatable bonds is 0.